The summed E-state index contributed by atoms with van der Waals surface area (Å²) in [5.74, 6) is -0.375. The highest BCUT2D eigenvalue weighted by atomic mass is 32.2. The van der Waals surface area contributed by atoms with Gasteiger partial charge in [-0.2, -0.15) is 0 Å². The van der Waals surface area contributed by atoms with Crippen molar-refractivity contribution >= 4 is 15.9 Å². The largest absolute Gasteiger partial charge is 0.332 e. The molecule has 5 nitrogen and oxygen atoms in total. The molecule has 0 aromatic heterocycles. The Labute approximate surface area is 113 Å². The van der Waals surface area contributed by atoms with E-state index in [-0.39, 0.29) is 22.4 Å². The van der Waals surface area contributed by atoms with E-state index in [1.54, 1.807) is 12.1 Å². The number of sulfonamides is 1. The van der Waals surface area contributed by atoms with E-state index in [1.165, 1.54) is 23.1 Å². The number of nitrogens with zero attached hydrogens (tertiary/aromatic N) is 1. The highest BCUT2D eigenvalue weighted by molar-refractivity contribution is 7.89. The number of carbonyl (C=O) groups excluding carboxylic acids is 1. The first-order chi connectivity index (χ1) is 8.79. The van der Waals surface area contributed by atoms with Gasteiger partial charge in [0, 0.05) is 12.6 Å². The molecule has 0 aliphatic heterocycles. The summed E-state index contributed by atoms with van der Waals surface area (Å²) in [6, 6.07) is 5.85. The van der Waals surface area contributed by atoms with Gasteiger partial charge in [0.1, 0.15) is 0 Å². The van der Waals surface area contributed by atoms with E-state index in [1.807, 2.05) is 13.8 Å². The molecule has 0 saturated heterocycles. The maximum Gasteiger partial charge on any atom is 0.255 e. The number of nitrogens with two attached hydrogens (primary N) is 1. The van der Waals surface area contributed by atoms with Gasteiger partial charge in [0.05, 0.1) is 10.5 Å². The highest BCUT2D eigenvalue weighted by Crippen LogP contribution is 2.17. The number of rotatable bonds is 5. The fraction of sp³-hybridized carbons (Fsp3) is 0.308. The molecular weight excluding hydrogens is 264 g/mol. The predicted octanol–water partition coefficient (Wildman–Crippen LogP) is 1.37. The van der Waals surface area contributed by atoms with E-state index in [0.717, 1.165) is 0 Å². The van der Waals surface area contributed by atoms with Crippen molar-refractivity contribution in [2.75, 3.05) is 6.54 Å². The van der Waals surface area contributed by atoms with Crippen LogP contribution in [-0.4, -0.2) is 31.8 Å². The standard InChI is InChI=1S/C13H18N2O3S/c1-4-9-15(10(2)3)13(16)11-7-5-6-8-12(11)19(14,17)18/h4-8,10H,1,9H2,2-3H3,(H2,14,17,18). The van der Waals surface area contributed by atoms with Crippen molar-refractivity contribution in [2.45, 2.75) is 24.8 Å². The minimum atomic E-state index is -3.93. The van der Waals surface area contributed by atoms with E-state index in [9.17, 15) is 13.2 Å². The fourth-order valence-electron chi connectivity index (χ4n) is 1.71. The normalized spacial score (nSPS) is 11.4. The van der Waals surface area contributed by atoms with Crippen LogP contribution in [0.15, 0.2) is 41.8 Å². The van der Waals surface area contributed by atoms with Crippen molar-refractivity contribution in [1.29, 1.82) is 0 Å². The molecule has 1 aromatic rings. The summed E-state index contributed by atoms with van der Waals surface area (Å²) in [5.41, 5.74) is 0.0838. The minimum absolute atomic E-state index is 0.0703. The minimum Gasteiger partial charge on any atom is -0.332 e. The maximum absolute atomic E-state index is 12.4. The molecule has 0 saturated carbocycles. The molecule has 0 radical (unpaired) electrons. The van der Waals surface area contributed by atoms with Gasteiger partial charge in [-0.3, -0.25) is 4.79 Å². The van der Waals surface area contributed by atoms with Crippen molar-refractivity contribution in [3.8, 4) is 0 Å². The van der Waals surface area contributed by atoms with Crippen molar-refractivity contribution in [3.63, 3.8) is 0 Å². The fourth-order valence-corrected chi connectivity index (χ4v) is 2.44. The summed E-state index contributed by atoms with van der Waals surface area (Å²) < 4.78 is 23.0. The van der Waals surface area contributed by atoms with E-state index in [2.05, 4.69) is 6.58 Å². The molecule has 1 rings (SSSR count). The molecule has 0 aliphatic rings. The zero-order valence-corrected chi connectivity index (χ0v) is 11.9. The van der Waals surface area contributed by atoms with Crippen LogP contribution < -0.4 is 5.14 Å². The third-order valence-corrected chi connectivity index (χ3v) is 3.60. The van der Waals surface area contributed by atoms with Crippen LogP contribution in [0.3, 0.4) is 0 Å². The van der Waals surface area contributed by atoms with E-state index in [0.29, 0.717) is 6.54 Å². The van der Waals surface area contributed by atoms with Crippen LogP contribution in [0.1, 0.15) is 24.2 Å². The monoisotopic (exact) mass is 282 g/mol. The molecule has 6 heteroatoms. The number of amides is 1. The van der Waals surface area contributed by atoms with Gasteiger partial charge >= 0.3 is 0 Å². The van der Waals surface area contributed by atoms with Crippen LogP contribution in [0.5, 0.6) is 0 Å². The molecule has 0 aliphatic carbocycles. The SMILES string of the molecule is C=CCN(C(=O)c1ccccc1S(N)(=O)=O)C(C)C. The van der Waals surface area contributed by atoms with Crippen molar-refractivity contribution in [2.24, 2.45) is 5.14 Å². The van der Waals surface area contributed by atoms with E-state index >= 15 is 0 Å². The molecule has 0 spiro atoms. The topological polar surface area (TPSA) is 80.5 Å². The molecular formula is C13H18N2O3S. The molecule has 0 bridgehead atoms. The smallest absolute Gasteiger partial charge is 0.255 e. The molecule has 1 amide bonds. The predicted molar refractivity (Wildman–Crippen MR) is 74.2 cm³/mol. The number of benzene rings is 1. The Bertz CT molecular complexity index is 579. The van der Waals surface area contributed by atoms with Crippen LogP contribution >= 0.6 is 0 Å². The molecule has 1 aromatic carbocycles. The number of primary sulfonamides is 1. The summed E-state index contributed by atoms with van der Waals surface area (Å²) in [7, 11) is -3.93. The first-order valence-corrected chi connectivity index (χ1v) is 7.37. The second-order valence-corrected chi connectivity index (χ2v) is 5.91. The van der Waals surface area contributed by atoms with Crippen LogP contribution in [0.2, 0.25) is 0 Å². The van der Waals surface area contributed by atoms with Crippen molar-refractivity contribution < 1.29 is 13.2 Å². The summed E-state index contributed by atoms with van der Waals surface area (Å²) in [5, 5.41) is 5.13. The Kier molecular flexibility index (Phi) is 4.85. The zero-order chi connectivity index (χ0) is 14.6. The molecule has 0 unspecified atom stereocenters. The molecule has 0 heterocycles. The van der Waals surface area contributed by atoms with Crippen LogP contribution in [-0.2, 0) is 10.0 Å². The Hall–Kier alpha value is -1.66. The quantitative estimate of drug-likeness (QED) is 0.828. The second-order valence-electron chi connectivity index (χ2n) is 4.38. The van der Waals surface area contributed by atoms with Gasteiger partial charge in [-0.05, 0) is 26.0 Å². The number of hydrogen-bond donors (Lipinski definition) is 1. The van der Waals surface area contributed by atoms with Crippen molar-refractivity contribution in [1.82, 2.24) is 4.90 Å². The summed E-state index contributed by atoms with van der Waals surface area (Å²) in [6.45, 7) is 7.63. The summed E-state index contributed by atoms with van der Waals surface area (Å²) in [6.07, 6.45) is 1.59. The van der Waals surface area contributed by atoms with Crippen LogP contribution in [0.4, 0.5) is 0 Å². The van der Waals surface area contributed by atoms with Gasteiger partial charge in [0.2, 0.25) is 10.0 Å². The van der Waals surface area contributed by atoms with Crippen LogP contribution in [0.25, 0.3) is 0 Å². The number of carbonyl (C=O) groups is 1. The van der Waals surface area contributed by atoms with Gasteiger partial charge < -0.3 is 4.90 Å². The lowest BCUT2D eigenvalue weighted by Gasteiger charge is -2.26. The molecule has 0 fully saturated rings. The third-order valence-electron chi connectivity index (χ3n) is 2.63. The van der Waals surface area contributed by atoms with Gasteiger partial charge in [0.25, 0.3) is 5.91 Å². The first-order valence-electron chi connectivity index (χ1n) is 5.82. The average molecular weight is 282 g/mol. The summed E-state index contributed by atoms with van der Waals surface area (Å²) >= 11 is 0. The van der Waals surface area contributed by atoms with Gasteiger partial charge in [-0.1, -0.05) is 18.2 Å². The van der Waals surface area contributed by atoms with E-state index in [4.69, 9.17) is 5.14 Å². The second kappa shape index (κ2) is 5.99. The number of hydrogen-bond acceptors (Lipinski definition) is 3. The van der Waals surface area contributed by atoms with Gasteiger partial charge in [-0.25, -0.2) is 13.6 Å². The Morgan fingerprint density at radius 2 is 2.00 bits per heavy atom. The summed E-state index contributed by atoms with van der Waals surface area (Å²) in [4.78, 5) is 13.8. The van der Waals surface area contributed by atoms with Crippen LogP contribution in [0, 0.1) is 0 Å². The lowest BCUT2D eigenvalue weighted by molar-refractivity contribution is 0.0725. The average Bonchev–Trinajstić information content (AvgIpc) is 2.33. The lowest BCUT2D eigenvalue weighted by Crippen LogP contribution is -2.38. The zero-order valence-electron chi connectivity index (χ0n) is 11.0. The Morgan fingerprint density at radius 3 is 2.47 bits per heavy atom. The third kappa shape index (κ3) is 3.65. The molecule has 104 valence electrons. The first kappa shape index (κ1) is 15.4. The highest BCUT2D eigenvalue weighted by Gasteiger charge is 2.23. The molecule has 0 atom stereocenters. The lowest BCUT2D eigenvalue weighted by atomic mass is 10.1. The van der Waals surface area contributed by atoms with Gasteiger partial charge in [0.15, 0.2) is 0 Å². The maximum atomic E-state index is 12.4. The van der Waals surface area contributed by atoms with E-state index < -0.39 is 10.0 Å². The van der Waals surface area contributed by atoms with Crippen molar-refractivity contribution in [3.05, 3.63) is 42.5 Å². The molecule has 2 N–H and O–H groups in total. The van der Waals surface area contributed by atoms with Gasteiger partial charge in [-0.15, -0.1) is 6.58 Å². The molecule has 19 heavy (non-hydrogen) atoms. The Balaban J connectivity index is 3.30. The Morgan fingerprint density at radius 1 is 1.42 bits per heavy atom.